The molecule has 1 aliphatic heterocycles. The SMILES string of the molecule is CCCCc1ccc(N=C2NC(=O)/C(=C/c3ccc(N(C)C)cc3)S2)cc1. The smallest absolute Gasteiger partial charge is 0.264 e. The first-order chi connectivity index (χ1) is 13.0. The third-order valence-electron chi connectivity index (χ3n) is 4.34. The van der Waals surface area contributed by atoms with Crippen molar-refractivity contribution in [3.8, 4) is 0 Å². The van der Waals surface area contributed by atoms with Gasteiger partial charge in [-0.2, -0.15) is 0 Å². The molecule has 0 aliphatic carbocycles. The summed E-state index contributed by atoms with van der Waals surface area (Å²) in [5.41, 5.74) is 4.31. The van der Waals surface area contributed by atoms with Crippen LogP contribution in [-0.2, 0) is 11.2 Å². The number of nitrogens with one attached hydrogen (secondary N) is 1. The fourth-order valence-electron chi connectivity index (χ4n) is 2.74. The van der Waals surface area contributed by atoms with E-state index in [1.54, 1.807) is 0 Å². The fourth-order valence-corrected chi connectivity index (χ4v) is 3.58. The Morgan fingerprint density at radius 2 is 1.78 bits per heavy atom. The molecular weight excluding hydrogens is 354 g/mol. The maximum absolute atomic E-state index is 12.2. The van der Waals surface area contributed by atoms with Crippen LogP contribution in [0.5, 0.6) is 0 Å². The maximum Gasteiger partial charge on any atom is 0.264 e. The van der Waals surface area contributed by atoms with Crippen molar-refractivity contribution in [2.45, 2.75) is 26.2 Å². The minimum Gasteiger partial charge on any atom is -0.378 e. The number of benzene rings is 2. The molecule has 2 aromatic carbocycles. The molecule has 1 fully saturated rings. The van der Waals surface area contributed by atoms with Crippen LogP contribution < -0.4 is 10.2 Å². The van der Waals surface area contributed by atoms with Crippen molar-refractivity contribution in [2.75, 3.05) is 19.0 Å². The highest BCUT2D eigenvalue weighted by Crippen LogP contribution is 2.28. The minimum absolute atomic E-state index is 0.102. The lowest BCUT2D eigenvalue weighted by molar-refractivity contribution is -0.115. The van der Waals surface area contributed by atoms with Gasteiger partial charge in [0.15, 0.2) is 5.17 Å². The zero-order chi connectivity index (χ0) is 19.2. The van der Waals surface area contributed by atoms with E-state index in [0.29, 0.717) is 10.1 Å². The molecule has 1 N–H and O–H groups in total. The molecule has 5 heteroatoms. The summed E-state index contributed by atoms with van der Waals surface area (Å²) in [5, 5.41) is 3.47. The van der Waals surface area contributed by atoms with E-state index in [-0.39, 0.29) is 5.91 Å². The van der Waals surface area contributed by atoms with E-state index in [1.165, 1.54) is 30.2 Å². The maximum atomic E-state index is 12.2. The normalized spacial score (nSPS) is 16.8. The standard InChI is InChI=1S/C22H25N3OS/c1-4-5-6-16-7-11-18(12-8-16)23-22-24-21(26)20(27-22)15-17-9-13-19(14-10-17)25(2)3/h7-15H,4-6H2,1-3H3,(H,23,24,26)/b20-15-. The van der Waals surface area contributed by atoms with Gasteiger partial charge in [0.25, 0.3) is 5.91 Å². The van der Waals surface area contributed by atoms with Crippen LogP contribution in [0.2, 0.25) is 0 Å². The lowest BCUT2D eigenvalue weighted by Crippen LogP contribution is -2.19. The molecule has 1 heterocycles. The van der Waals surface area contributed by atoms with E-state index in [2.05, 4.69) is 29.4 Å². The highest BCUT2D eigenvalue weighted by Gasteiger charge is 2.23. The van der Waals surface area contributed by atoms with E-state index >= 15 is 0 Å². The number of carbonyl (C=O) groups excluding carboxylic acids is 1. The molecule has 0 saturated carbocycles. The van der Waals surface area contributed by atoms with Gasteiger partial charge in [0.2, 0.25) is 0 Å². The summed E-state index contributed by atoms with van der Waals surface area (Å²) in [4.78, 5) is 19.5. The van der Waals surface area contributed by atoms with Crippen LogP contribution in [0, 0.1) is 0 Å². The topological polar surface area (TPSA) is 44.7 Å². The van der Waals surface area contributed by atoms with Crippen molar-refractivity contribution in [3.05, 3.63) is 64.6 Å². The van der Waals surface area contributed by atoms with Crippen LogP contribution in [0.4, 0.5) is 11.4 Å². The molecule has 27 heavy (non-hydrogen) atoms. The second kappa shape index (κ2) is 8.91. The van der Waals surface area contributed by atoms with Gasteiger partial charge < -0.3 is 10.2 Å². The summed E-state index contributed by atoms with van der Waals surface area (Å²) >= 11 is 1.38. The molecule has 3 rings (SSSR count). The number of hydrogen-bond donors (Lipinski definition) is 1. The van der Waals surface area contributed by atoms with Crippen LogP contribution in [0.15, 0.2) is 58.4 Å². The Morgan fingerprint density at radius 1 is 1.07 bits per heavy atom. The van der Waals surface area contributed by atoms with Crippen molar-refractivity contribution in [3.63, 3.8) is 0 Å². The number of unbranched alkanes of at least 4 members (excludes halogenated alkanes) is 1. The number of anilines is 1. The molecule has 1 aliphatic rings. The first-order valence-corrected chi connectivity index (χ1v) is 10.0. The van der Waals surface area contributed by atoms with Gasteiger partial charge >= 0.3 is 0 Å². The van der Waals surface area contributed by atoms with Crippen molar-refractivity contribution in [1.29, 1.82) is 0 Å². The summed E-state index contributed by atoms with van der Waals surface area (Å²) in [6, 6.07) is 16.3. The third-order valence-corrected chi connectivity index (χ3v) is 5.25. The highest BCUT2D eigenvalue weighted by molar-refractivity contribution is 8.18. The Labute approximate surface area is 165 Å². The van der Waals surface area contributed by atoms with Crippen molar-refractivity contribution in [2.24, 2.45) is 4.99 Å². The zero-order valence-electron chi connectivity index (χ0n) is 16.0. The van der Waals surface area contributed by atoms with E-state index in [0.717, 1.165) is 23.4 Å². The second-order valence-corrected chi connectivity index (χ2v) is 7.77. The van der Waals surface area contributed by atoms with Gasteiger partial charge in [-0.1, -0.05) is 37.6 Å². The number of thioether (sulfide) groups is 1. The molecular formula is C22H25N3OS. The van der Waals surface area contributed by atoms with Crippen LogP contribution in [0.3, 0.4) is 0 Å². The largest absolute Gasteiger partial charge is 0.378 e. The quantitative estimate of drug-likeness (QED) is 0.720. The summed E-state index contributed by atoms with van der Waals surface area (Å²) in [6.07, 6.45) is 5.39. The molecule has 0 aromatic heterocycles. The summed E-state index contributed by atoms with van der Waals surface area (Å²) in [6.45, 7) is 2.20. The Morgan fingerprint density at radius 3 is 2.41 bits per heavy atom. The van der Waals surface area contributed by atoms with Crippen LogP contribution >= 0.6 is 11.8 Å². The van der Waals surface area contributed by atoms with Crippen LogP contribution in [-0.4, -0.2) is 25.2 Å². The van der Waals surface area contributed by atoms with Crippen LogP contribution in [0.25, 0.3) is 6.08 Å². The number of aryl methyl sites for hydroxylation is 1. The van der Waals surface area contributed by atoms with Gasteiger partial charge in [-0.05, 0) is 66.1 Å². The monoisotopic (exact) mass is 379 g/mol. The number of aliphatic imine (C=N–C) groups is 1. The van der Waals surface area contributed by atoms with E-state index in [1.807, 2.05) is 61.5 Å². The lowest BCUT2D eigenvalue weighted by atomic mass is 10.1. The molecule has 2 aromatic rings. The summed E-state index contributed by atoms with van der Waals surface area (Å²) in [5.74, 6) is -0.102. The molecule has 0 unspecified atom stereocenters. The van der Waals surface area contributed by atoms with Gasteiger partial charge in [0.05, 0.1) is 10.6 Å². The highest BCUT2D eigenvalue weighted by atomic mass is 32.2. The predicted molar refractivity (Wildman–Crippen MR) is 117 cm³/mol. The molecule has 1 amide bonds. The molecule has 0 atom stereocenters. The molecule has 4 nitrogen and oxygen atoms in total. The van der Waals surface area contributed by atoms with Gasteiger partial charge in [-0.15, -0.1) is 0 Å². The zero-order valence-corrected chi connectivity index (χ0v) is 16.8. The second-order valence-electron chi connectivity index (χ2n) is 6.74. The van der Waals surface area contributed by atoms with Gasteiger partial charge in [-0.25, -0.2) is 4.99 Å². The Bertz CT molecular complexity index is 852. The Hall–Kier alpha value is -2.53. The molecule has 0 bridgehead atoms. The number of amides is 1. The molecule has 0 spiro atoms. The number of amidine groups is 1. The van der Waals surface area contributed by atoms with E-state index < -0.39 is 0 Å². The van der Waals surface area contributed by atoms with E-state index in [4.69, 9.17) is 0 Å². The number of hydrogen-bond acceptors (Lipinski definition) is 4. The predicted octanol–water partition coefficient (Wildman–Crippen LogP) is 4.99. The average Bonchev–Trinajstić information content (AvgIpc) is 3.00. The number of nitrogens with zero attached hydrogens (tertiary/aromatic N) is 2. The minimum atomic E-state index is -0.102. The number of carbonyl (C=O) groups is 1. The average molecular weight is 380 g/mol. The van der Waals surface area contributed by atoms with E-state index in [9.17, 15) is 4.79 Å². The Balaban J connectivity index is 1.69. The van der Waals surface area contributed by atoms with Gasteiger partial charge in [0.1, 0.15) is 0 Å². The van der Waals surface area contributed by atoms with Crippen molar-refractivity contribution < 1.29 is 4.79 Å². The van der Waals surface area contributed by atoms with Crippen LogP contribution in [0.1, 0.15) is 30.9 Å². The molecule has 140 valence electrons. The summed E-state index contributed by atoms with van der Waals surface area (Å²) in [7, 11) is 4.01. The lowest BCUT2D eigenvalue weighted by Gasteiger charge is -2.11. The summed E-state index contributed by atoms with van der Waals surface area (Å²) < 4.78 is 0. The number of rotatable bonds is 6. The third kappa shape index (κ3) is 5.23. The van der Waals surface area contributed by atoms with Gasteiger partial charge in [-0.3, -0.25) is 4.79 Å². The molecule has 0 radical (unpaired) electrons. The fraction of sp³-hybridized carbons (Fsp3) is 0.273. The van der Waals surface area contributed by atoms with Gasteiger partial charge in [0, 0.05) is 19.8 Å². The first-order valence-electron chi connectivity index (χ1n) is 9.21. The first kappa shape index (κ1) is 19.2. The molecule has 1 saturated heterocycles. The van der Waals surface area contributed by atoms with Crippen molar-refractivity contribution >= 4 is 40.3 Å². The van der Waals surface area contributed by atoms with Crippen molar-refractivity contribution in [1.82, 2.24) is 5.32 Å². The Kier molecular flexibility index (Phi) is 6.35.